The molecule has 0 radical (unpaired) electrons. The Bertz CT molecular complexity index is 1410. The van der Waals surface area contributed by atoms with Crippen molar-refractivity contribution in [1.82, 2.24) is 0 Å². The zero-order valence-corrected chi connectivity index (χ0v) is 37.5. The van der Waals surface area contributed by atoms with Crippen molar-refractivity contribution < 1.29 is 57.4 Å². The van der Waals surface area contributed by atoms with Crippen molar-refractivity contribution in [3.63, 3.8) is 0 Å². The summed E-state index contributed by atoms with van der Waals surface area (Å²) in [5, 5.41) is 9.72. The number of cyclic esters (lactones) is 6. The Hall–Kier alpha value is -3.02. The standard InChI is InChI=1S/C16H26O6S2.C16H16O3.C6H14S2.C5H6O3.CH4/c17-15-19-11-13(21-15)5-9-23-7-3-1-2-4-8-24-10-6-14-12-20-16(18)22-14;1-19-16(12-17,14-10-6-3-7-11-14)15(18)13-8-4-2-5-9-13;7-5-3-1-2-4-6-8;1-2-4-3-7-5(6)8-4;/h13-14H,1-12H2;2-11,17H,12H2,1H3;7-8H,1-6H2;2,4H,1,3H2;1H4. The minimum atomic E-state index is -1.34. The van der Waals surface area contributed by atoms with Gasteiger partial charge in [0.2, 0.25) is 5.78 Å². The topological polar surface area (TPSA) is 153 Å². The number of methoxy groups -OCH3 is 1. The van der Waals surface area contributed by atoms with Crippen LogP contribution in [0.15, 0.2) is 73.3 Å². The minimum absolute atomic E-state index is 0. The second-order valence-electron chi connectivity index (χ2n) is 13.4. The maximum Gasteiger partial charge on any atom is 0.509 e. The molecule has 3 heterocycles. The van der Waals surface area contributed by atoms with Gasteiger partial charge >= 0.3 is 18.5 Å². The number of ether oxygens (including phenoxy) is 7. The van der Waals surface area contributed by atoms with E-state index in [2.05, 4.69) is 41.3 Å². The van der Waals surface area contributed by atoms with E-state index in [1.54, 1.807) is 36.4 Å². The summed E-state index contributed by atoms with van der Waals surface area (Å²) in [6.45, 7) is 4.15. The number of unbranched alkanes of at least 4 members (excludes halogenated alkanes) is 6. The lowest BCUT2D eigenvalue weighted by molar-refractivity contribution is -0.0341. The number of carbonyl (C=O) groups excluding carboxylic acids is 4. The number of thioether (sulfide) groups is 2. The first-order valence-electron chi connectivity index (χ1n) is 20.0. The number of aliphatic hydroxyl groups is 1. The summed E-state index contributed by atoms with van der Waals surface area (Å²) in [7, 11) is 1.43. The van der Waals surface area contributed by atoms with Gasteiger partial charge in [-0.1, -0.05) is 100 Å². The number of carbonyl (C=O) groups is 4. The average molecular weight is 915 g/mol. The van der Waals surface area contributed by atoms with Gasteiger partial charge in [-0.15, -0.1) is 0 Å². The molecule has 2 aromatic rings. The van der Waals surface area contributed by atoms with Crippen molar-refractivity contribution >= 4 is 73.0 Å². The third kappa shape index (κ3) is 22.7. The van der Waals surface area contributed by atoms with E-state index in [0.29, 0.717) is 30.9 Å². The number of rotatable bonds is 24. The quantitative estimate of drug-likeness (QED) is 0.0229. The van der Waals surface area contributed by atoms with Crippen LogP contribution in [0.25, 0.3) is 0 Å². The molecule has 16 heteroatoms. The number of Topliss-reactive ketones (excluding diaryl/α,β-unsaturated/α-hetero) is 1. The van der Waals surface area contributed by atoms with Gasteiger partial charge in [0, 0.05) is 12.7 Å². The van der Waals surface area contributed by atoms with Crippen molar-refractivity contribution in [2.24, 2.45) is 0 Å². The molecule has 338 valence electrons. The Morgan fingerprint density at radius 3 is 1.53 bits per heavy atom. The van der Waals surface area contributed by atoms with E-state index in [0.717, 1.165) is 35.9 Å². The van der Waals surface area contributed by atoms with Gasteiger partial charge in [-0.2, -0.15) is 48.8 Å². The Morgan fingerprint density at radius 1 is 0.717 bits per heavy atom. The van der Waals surface area contributed by atoms with Crippen LogP contribution < -0.4 is 0 Å². The molecule has 4 unspecified atom stereocenters. The van der Waals surface area contributed by atoms with Crippen molar-refractivity contribution in [3.8, 4) is 0 Å². The molecule has 3 saturated heterocycles. The molecule has 0 aliphatic carbocycles. The minimum Gasteiger partial charge on any atom is -0.430 e. The number of benzene rings is 2. The molecule has 3 fully saturated rings. The van der Waals surface area contributed by atoms with Gasteiger partial charge in [-0.3, -0.25) is 4.79 Å². The number of hydrogen-bond donors (Lipinski definition) is 3. The monoisotopic (exact) mass is 914 g/mol. The van der Waals surface area contributed by atoms with Gasteiger partial charge in [0.05, 0.1) is 6.61 Å². The zero-order valence-electron chi connectivity index (χ0n) is 34.1. The van der Waals surface area contributed by atoms with Crippen molar-refractivity contribution in [2.75, 3.05) is 68.1 Å². The SMILES string of the molecule is C.C=CC1COC(=O)O1.COC(CO)(C(=O)c1ccccc1)c1ccccc1.O=C1OCC(CCSCCCCCCSCCC2COC(=O)O2)O1.SCCCCCCS. The molecule has 0 amide bonds. The normalized spacial score (nSPS) is 18.3. The van der Waals surface area contributed by atoms with E-state index in [1.807, 2.05) is 47.8 Å². The molecular formula is C44H66O12S4. The molecule has 3 aliphatic heterocycles. The van der Waals surface area contributed by atoms with E-state index in [9.17, 15) is 24.3 Å². The predicted molar refractivity (Wildman–Crippen MR) is 247 cm³/mol. The summed E-state index contributed by atoms with van der Waals surface area (Å²) in [4.78, 5) is 44.3. The summed E-state index contributed by atoms with van der Waals surface area (Å²) >= 11 is 12.1. The second-order valence-corrected chi connectivity index (χ2v) is 16.7. The summed E-state index contributed by atoms with van der Waals surface area (Å²) in [5.74, 6) is 6.20. The highest BCUT2D eigenvalue weighted by atomic mass is 32.2. The van der Waals surface area contributed by atoms with Crippen LogP contribution in [0.3, 0.4) is 0 Å². The summed E-state index contributed by atoms with van der Waals surface area (Å²) in [6.07, 6.45) is 11.5. The molecule has 4 atom stereocenters. The van der Waals surface area contributed by atoms with Gasteiger partial charge in [0.25, 0.3) is 0 Å². The van der Waals surface area contributed by atoms with Crippen LogP contribution in [0.2, 0.25) is 0 Å². The molecule has 0 bridgehead atoms. The van der Waals surface area contributed by atoms with Gasteiger partial charge in [-0.25, -0.2) is 14.4 Å². The van der Waals surface area contributed by atoms with Crippen LogP contribution in [0.1, 0.15) is 87.6 Å². The largest absolute Gasteiger partial charge is 0.509 e. The highest BCUT2D eigenvalue weighted by Crippen LogP contribution is 2.29. The Morgan fingerprint density at radius 2 is 1.17 bits per heavy atom. The highest BCUT2D eigenvalue weighted by molar-refractivity contribution is 7.99. The third-order valence-electron chi connectivity index (χ3n) is 8.95. The fraction of sp³-hybridized carbons (Fsp3) is 0.591. The Labute approximate surface area is 376 Å². The molecule has 1 N–H and O–H groups in total. The number of thiol groups is 2. The third-order valence-corrected chi connectivity index (χ3v) is 11.8. The van der Waals surface area contributed by atoms with E-state index < -0.39 is 30.7 Å². The van der Waals surface area contributed by atoms with Crippen LogP contribution in [0.5, 0.6) is 0 Å². The van der Waals surface area contributed by atoms with Crippen LogP contribution in [0, 0.1) is 0 Å². The molecule has 5 rings (SSSR count). The highest BCUT2D eigenvalue weighted by Gasteiger charge is 2.40. The van der Waals surface area contributed by atoms with Crippen molar-refractivity contribution in [1.29, 1.82) is 0 Å². The van der Waals surface area contributed by atoms with E-state index in [4.69, 9.17) is 23.7 Å². The van der Waals surface area contributed by atoms with Crippen molar-refractivity contribution in [2.45, 2.75) is 95.5 Å². The molecule has 60 heavy (non-hydrogen) atoms. The van der Waals surface area contributed by atoms with Crippen LogP contribution in [0.4, 0.5) is 14.4 Å². The first-order chi connectivity index (χ1) is 28.7. The molecule has 12 nitrogen and oxygen atoms in total. The van der Waals surface area contributed by atoms with Crippen LogP contribution in [-0.2, 0) is 38.8 Å². The van der Waals surface area contributed by atoms with Gasteiger partial charge < -0.3 is 38.3 Å². The van der Waals surface area contributed by atoms with E-state index >= 15 is 0 Å². The van der Waals surface area contributed by atoms with Crippen molar-refractivity contribution in [3.05, 3.63) is 84.4 Å². The van der Waals surface area contributed by atoms with E-state index in [-0.39, 0.29) is 31.5 Å². The lowest BCUT2D eigenvalue weighted by Gasteiger charge is -2.29. The molecule has 0 spiro atoms. The van der Waals surface area contributed by atoms with E-state index in [1.165, 1.54) is 76.1 Å². The molecular weight excluding hydrogens is 849 g/mol. The molecule has 2 aromatic carbocycles. The predicted octanol–water partition coefficient (Wildman–Crippen LogP) is 10.0. The summed E-state index contributed by atoms with van der Waals surface area (Å²) in [5.41, 5.74) is -0.182. The van der Waals surface area contributed by atoms with Gasteiger partial charge in [0.15, 0.2) is 11.7 Å². The average Bonchev–Trinajstić information content (AvgIpc) is 4.02. The number of hydrogen-bond acceptors (Lipinski definition) is 16. The Kier molecular flexibility index (Phi) is 31.7. The molecule has 0 saturated carbocycles. The fourth-order valence-electron chi connectivity index (χ4n) is 5.54. The lowest BCUT2D eigenvalue weighted by Crippen LogP contribution is -2.41. The van der Waals surface area contributed by atoms with Crippen LogP contribution >= 0.6 is 48.8 Å². The molecule has 0 aromatic heterocycles. The maximum absolute atomic E-state index is 12.6. The number of ketones is 1. The first-order valence-corrected chi connectivity index (χ1v) is 23.6. The first kappa shape index (κ1) is 55.0. The smallest absolute Gasteiger partial charge is 0.430 e. The Balaban J connectivity index is 0.000000441. The summed E-state index contributed by atoms with van der Waals surface area (Å²) < 4.78 is 33.8. The number of aliphatic hydroxyl groups excluding tert-OH is 1. The lowest BCUT2D eigenvalue weighted by atomic mass is 9.86. The van der Waals surface area contributed by atoms with Gasteiger partial charge in [0.1, 0.15) is 32.0 Å². The second kappa shape index (κ2) is 34.6. The summed E-state index contributed by atoms with van der Waals surface area (Å²) in [6, 6.07) is 17.9. The maximum atomic E-state index is 12.6. The van der Waals surface area contributed by atoms with Crippen LogP contribution in [-0.4, -0.2) is 116 Å². The fourth-order valence-corrected chi connectivity index (χ4v) is 8.08. The zero-order chi connectivity index (χ0) is 43.0. The van der Waals surface area contributed by atoms with Gasteiger partial charge in [-0.05, 0) is 84.7 Å². The molecule has 3 aliphatic rings.